The number of nitrogens with one attached hydrogen (secondary N) is 1. The maximum absolute atomic E-state index is 12.8. The lowest BCUT2D eigenvalue weighted by Gasteiger charge is -2.14. The summed E-state index contributed by atoms with van der Waals surface area (Å²) in [7, 11) is 0. The number of anilines is 1. The zero-order chi connectivity index (χ0) is 16.2. The molecule has 1 atom stereocenters. The highest BCUT2D eigenvalue weighted by Gasteiger charge is 2.35. The van der Waals surface area contributed by atoms with Crippen molar-refractivity contribution in [3.63, 3.8) is 0 Å². The van der Waals surface area contributed by atoms with Crippen molar-refractivity contribution in [2.24, 2.45) is 11.7 Å². The van der Waals surface area contributed by atoms with Gasteiger partial charge in [-0.25, -0.2) is 0 Å². The molecule has 1 unspecified atom stereocenters. The van der Waals surface area contributed by atoms with Gasteiger partial charge < -0.3 is 16.2 Å². The Morgan fingerprint density at radius 1 is 1.38 bits per heavy atom. The van der Waals surface area contributed by atoms with Gasteiger partial charge in [0.05, 0.1) is 17.0 Å². The number of alkyl halides is 3. The van der Waals surface area contributed by atoms with Gasteiger partial charge in [-0.15, -0.1) is 0 Å². The van der Waals surface area contributed by atoms with Gasteiger partial charge in [-0.05, 0) is 24.6 Å². The Hall–Kier alpha value is -2.25. The Bertz CT molecular complexity index is 544. The summed E-state index contributed by atoms with van der Waals surface area (Å²) in [5, 5.41) is 11.4. The largest absolute Gasteiger partial charge is 0.481 e. The fourth-order valence-corrected chi connectivity index (χ4v) is 1.66. The lowest BCUT2D eigenvalue weighted by molar-refractivity contribution is -0.141. The van der Waals surface area contributed by atoms with Crippen molar-refractivity contribution in [2.45, 2.75) is 19.5 Å². The van der Waals surface area contributed by atoms with E-state index in [9.17, 15) is 22.8 Å². The summed E-state index contributed by atoms with van der Waals surface area (Å²) in [6.45, 7) is 1.70. The average molecular weight is 304 g/mol. The van der Waals surface area contributed by atoms with Crippen LogP contribution in [-0.2, 0) is 11.0 Å². The van der Waals surface area contributed by atoms with Crippen LogP contribution in [-0.4, -0.2) is 23.5 Å². The molecule has 0 bridgehead atoms. The summed E-state index contributed by atoms with van der Waals surface area (Å²) in [4.78, 5) is 21.6. The van der Waals surface area contributed by atoms with E-state index < -0.39 is 35.1 Å². The zero-order valence-corrected chi connectivity index (χ0v) is 11.2. The van der Waals surface area contributed by atoms with Gasteiger partial charge in [0.1, 0.15) is 0 Å². The second kappa shape index (κ2) is 6.47. The fraction of sp³-hybridized carbons (Fsp3) is 0.385. The number of hydrogen-bond acceptors (Lipinski definition) is 3. The molecule has 0 heterocycles. The average Bonchev–Trinajstić information content (AvgIpc) is 2.37. The summed E-state index contributed by atoms with van der Waals surface area (Å²) < 4.78 is 38.5. The van der Waals surface area contributed by atoms with Crippen LogP contribution in [0.1, 0.15) is 29.3 Å². The highest BCUT2D eigenvalue weighted by Crippen LogP contribution is 2.33. The van der Waals surface area contributed by atoms with Gasteiger partial charge in [0.15, 0.2) is 0 Å². The maximum Gasteiger partial charge on any atom is 0.417 e. The Kier molecular flexibility index (Phi) is 5.17. The van der Waals surface area contributed by atoms with Crippen LogP contribution in [0.3, 0.4) is 0 Å². The third kappa shape index (κ3) is 4.66. The molecule has 5 nitrogen and oxygen atoms in total. The van der Waals surface area contributed by atoms with Crippen molar-refractivity contribution in [2.75, 3.05) is 11.9 Å². The first-order valence-corrected chi connectivity index (χ1v) is 6.10. The van der Waals surface area contributed by atoms with Gasteiger partial charge in [0.25, 0.3) is 0 Å². The van der Waals surface area contributed by atoms with Crippen molar-refractivity contribution in [3.05, 3.63) is 29.3 Å². The highest BCUT2D eigenvalue weighted by molar-refractivity contribution is 5.95. The molecule has 21 heavy (non-hydrogen) atoms. The molecule has 0 saturated carbocycles. The van der Waals surface area contributed by atoms with Crippen molar-refractivity contribution in [3.8, 4) is 0 Å². The van der Waals surface area contributed by atoms with E-state index in [2.05, 4.69) is 5.32 Å². The van der Waals surface area contributed by atoms with Crippen LogP contribution in [0.5, 0.6) is 0 Å². The Morgan fingerprint density at radius 2 is 2.00 bits per heavy atom. The number of hydrogen-bond donors (Lipinski definition) is 3. The molecule has 0 aliphatic rings. The molecular weight excluding hydrogens is 289 g/mol. The summed E-state index contributed by atoms with van der Waals surface area (Å²) >= 11 is 0. The van der Waals surface area contributed by atoms with Crippen LogP contribution in [0.2, 0.25) is 0 Å². The number of carboxylic acid groups (broad SMARTS) is 1. The number of aliphatic carboxylic acids is 1. The van der Waals surface area contributed by atoms with E-state index in [4.69, 9.17) is 10.8 Å². The number of primary amides is 1. The number of rotatable bonds is 6. The highest BCUT2D eigenvalue weighted by atomic mass is 19.4. The Morgan fingerprint density at radius 3 is 2.48 bits per heavy atom. The van der Waals surface area contributed by atoms with Gasteiger partial charge in [0, 0.05) is 12.2 Å². The standard InChI is InChI=1S/C13H15F3N2O3/c1-7(12(20)21)4-5-18-8-2-3-9(11(17)19)10(6-8)13(14,15)16/h2-3,6-7,18H,4-5H2,1H3,(H2,17,19)(H,20,21). The number of carbonyl (C=O) groups excluding carboxylic acids is 1. The quantitative estimate of drug-likeness (QED) is 0.752. The second-order valence-electron chi connectivity index (χ2n) is 4.58. The number of halogens is 3. The van der Waals surface area contributed by atoms with Crippen LogP contribution in [0, 0.1) is 5.92 Å². The molecule has 0 aliphatic carbocycles. The van der Waals surface area contributed by atoms with Crippen LogP contribution in [0.4, 0.5) is 18.9 Å². The molecule has 0 radical (unpaired) electrons. The van der Waals surface area contributed by atoms with Crippen LogP contribution >= 0.6 is 0 Å². The molecule has 0 saturated heterocycles. The molecule has 0 aliphatic heterocycles. The van der Waals surface area contributed by atoms with Crippen LogP contribution < -0.4 is 11.1 Å². The SMILES string of the molecule is CC(CCNc1ccc(C(N)=O)c(C(F)(F)F)c1)C(=O)O. The summed E-state index contributed by atoms with van der Waals surface area (Å²) in [6.07, 6.45) is -4.44. The zero-order valence-electron chi connectivity index (χ0n) is 11.2. The normalized spacial score (nSPS) is 12.8. The minimum Gasteiger partial charge on any atom is -0.481 e. The van der Waals surface area contributed by atoms with Gasteiger partial charge in [0.2, 0.25) is 5.91 Å². The smallest absolute Gasteiger partial charge is 0.417 e. The number of amides is 1. The minimum atomic E-state index is -4.70. The minimum absolute atomic E-state index is 0.143. The molecule has 4 N–H and O–H groups in total. The molecular formula is C13H15F3N2O3. The summed E-state index contributed by atoms with van der Waals surface area (Å²) in [5.41, 5.74) is 3.33. The lowest BCUT2D eigenvalue weighted by atomic mass is 10.0. The van der Waals surface area contributed by atoms with Gasteiger partial charge >= 0.3 is 12.1 Å². The topological polar surface area (TPSA) is 92.4 Å². The number of carboxylic acids is 1. The number of benzene rings is 1. The predicted molar refractivity (Wildman–Crippen MR) is 69.9 cm³/mol. The number of nitrogens with two attached hydrogens (primary N) is 1. The molecule has 116 valence electrons. The molecule has 0 spiro atoms. The maximum atomic E-state index is 12.8. The predicted octanol–water partition coefficient (Wildman–Crippen LogP) is 2.33. The van der Waals surface area contributed by atoms with Crippen molar-refractivity contribution in [1.29, 1.82) is 0 Å². The Balaban J connectivity index is 2.86. The fourth-order valence-electron chi connectivity index (χ4n) is 1.66. The van der Waals surface area contributed by atoms with Crippen molar-refractivity contribution < 1.29 is 27.9 Å². The van der Waals surface area contributed by atoms with Crippen molar-refractivity contribution >= 4 is 17.6 Å². The second-order valence-corrected chi connectivity index (χ2v) is 4.58. The van der Waals surface area contributed by atoms with E-state index in [1.54, 1.807) is 0 Å². The molecule has 1 aromatic carbocycles. The Labute approximate surface area is 118 Å². The van der Waals surface area contributed by atoms with E-state index in [0.717, 1.165) is 12.1 Å². The van der Waals surface area contributed by atoms with E-state index >= 15 is 0 Å². The first-order valence-electron chi connectivity index (χ1n) is 6.10. The first kappa shape index (κ1) is 16.8. The molecule has 8 heteroatoms. The molecule has 0 fully saturated rings. The number of carbonyl (C=O) groups is 2. The molecule has 1 rings (SSSR count). The molecule has 1 aromatic rings. The van der Waals surface area contributed by atoms with E-state index in [0.29, 0.717) is 0 Å². The van der Waals surface area contributed by atoms with Crippen LogP contribution in [0.25, 0.3) is 0 Å². The summed E-state index contributed by atoms with van der Waals surface area (Å²) in [6, 6.07) is 3.07. The van der Waals surface area contributed by atoms with E-state index in [-0.39, 0.29) is 18.7 Å². The lowest BCUT2D eigenvalue weighted by Crippen LogP contribution is -2.19. The van der Waals surface area contributed by atoms with E-state index in [1.807, 2.05) is 0 Å². The van der Waals surface area contributed by atoms with Crippen molar-refractivity contribution in [1.82, 2.24) is 0 Å². The molecule has 1 amide bonds. The van der Waals surface area contributed by atoms with Gasteiger partial charge in [-0.3, -0.25) is 9.59 Å². The molecule has 0 aromatic heterocycles. The summed E-state index contributed by atoms with van der Waals surface area (Å²) in [5.74, 6) is -2.74. The van der Waals surface area contributed by atoms with Crippen LogP contribution in [0.15, 0.2) is 18.2 Å². The first-order chi connectivity index (χ1) is 9.62. The monoisotopic (exact) mass is 304 g/mol. The van der Waals surface area contributed by atoms with Gasteiger partial charge in [-0.2, -0.15) is 13.2 Å². The van der Waals surface area contributed by atoms with Gasteiger partial charge in [-0.1, -0.05) is 6.92 Å². The third-order valence-electron chi connectivity index (χ3n) is 2.92. The van der Waals surface area contributed by atoms with E-state index in [1.165, 1.54) is 13.0 Å². The third-order valence-corrected chi connectivity index (χ3v) is 2.92.